The monoisotopic (exact) mass is 439 g/mol. The van der Waals surface area contributed by atoms with Crippen LogP contribution < -0.4 is 10.5 Å². The van der Waals surface area contributed by atoms with Crippen LogP contribution in [0.15, 0.2) is 10.8 Å². The van der Waals surface area contributed by atoms with E-state index in [-0.39, 0.29) is 5.82 Å². The van der Waals surface area contributed by atoms with Crippen LogP contribution in [-0.2, 0) is 6.54 Å². The van der Waals surface area contributed by atoms with E-state index in [9.17, 15) is 5.11 Å². The third-order valence-electron chi connectivity index (χ3n) is 5.46. The average molecular weight is 440 g/mol. The minimum atomic E-state index is -1.16. The van der Waals surface area contributed by atoms with Gasteiger partial charge in [0.1, 0.15) is 22.3 Å². The zero-order valence-corrected chi connectivity index (χ0v) is 18.9. The highest BCUT2D eigenvalue weighted by molar-refractivity contribution is 5.89. The number of ether oxygens (including phenoxy) is 1. The standard InChI is InChI=1S/C22H29N7O3/c1-5-29-19-16(31-13-14-7-6-10-28(4)12-14)11-24-15(8-9-22(2,3)30)17(19)25-21(29)18-20(23)27-32-26-18/h11,14,30H,5-7,10,12-13H2,1-4H3,(H2,23,27)/t14-/m0/s1. The molecule has 4 heterocycles. The van der Waals surface area contributed by atoms with Gasteiger partial charge in [0.2, 0.25) is 0 Å². The van der Waals surface area contributed by atoms with Crippen molar-refractivity contribution in [1.29, 1.82) is 0 Å². The lowest BCUT2D eigenvalue weighted by Crippen LogP contribution is -2.34. The fraction of sp³-hybridized carbons (Fsp3) is 0.545. The van der Waals surface area contributed by atoms with E-state index in [1.165, 1.54) is 6.42 Å². The Morgan fingerprint density at radius 1 is 1.38 bits per heavy atom. The SMILES string of the molecule is CCn1c(-c2nonc2N)nc2c(C#CC(C)(C)O)ncc(OC[C@H]3CCCN(C)C3)c21. The second-order valence-corrected chi connectivity index (χ2v) is 8.74. The smallest absolute Gasteiger partial charge is 0.199 e. The zero-order chi connectivity index (χ0) is 22.9. The highest BCUT2D eigenvalue weighted by Gasteiger charge is 2.24. The molecule has 1 aliphatic heterocycles. The molecular weight excluding hydrogens is 410 g/mol. The number of pyridine rings is 1. The topological polar surface area (TPSA) is 128 Å². The number of aryl methyl sites for hydroxylation is 1. The summed E-state index contributed by atoms with van der Waals surface area (Å²) in [7, 11) is 2.14. The number of hydrogen-bond donors (Lipinski definition) is 2. The maximum Gasteiger partial charge on any atom is 0.199 e. The molecule has 4 rings (SSSR count). The first-order valence-electron chi connectivity index (χ1n) is 10.8. The lowest BCUT2D eigenvalue weighted by atomic mass is 10.00. The van der Waals surface area contributed by atoms with Crippen LogP contribution in [0.4, 0.5) is 5.82 Å². The first kappa shape index (κ1) is 22.0. The van der Waals surface area contributed by atoms with Crippen molar-refractivity contribution < 1.29 is 14.5 Å². The number of aliphatic hydroxyl groups is 1. The lowest BCUT2D eigenvalue weighted by Gasteiger charge is -2.29. The number of aromatic nitrogens is 5. The molecule has 0 spiro atoms. The number of hydrogen-bond acceptors (Lipinski definition) is 9. The number of fused-ring (bicyclic) bond motifs is 1. The number of piperidine rings is 1. The third kappa shape index (κ3) is 4.54. The van der Waals surface area contributed by atoms with Gasteiger partial charge in [-0.2, -0.15) is 0 Å². The van der Waals surface area contributed by atoms with Crippen molar-refractivity contribution in [3.8, 4) is 29.1 Å². The summed E-state index contributed by atoms with van der Waals surface area (Å²) in [5, 5.41) is 17.7. The van der Waals surface area contributed by atoms with Gasteiger partial charge in [-0.15, -0.1) is 0 Å². The molecular formula is C22H29N7O3. The Bertz CT molecular complexity index is 1170. The number of nitrogens with two attached hydrogens (primary N) is 1. The van der Waals surface area contributed by atoms with Crippen molar-refractivity contribution in [2.75, 3.05) is 32.5 Å². The maximum atomic E-state index is 10.0. The molecule has 3 aromatic rings. The molecule has 32 heavy (non-hydrogen) atoms. The molecule has 1 saturated heterocycles. The Kier molecular flexibility index (Phi) is 6.04. The summed E-state index contributed by atoms with van der Waals surface area (Å²) in [5.74, 6) is 7.49. The molecule has 1 aliphatic rings. The number of imidazole rings is 1. The molecule has 0 aromatic carbocycles. The van der Waals surface area contributed by atoms with Gasteiger partial charge in [-0.3, -0.25) is 0 Å². The molecule has 0 unspecified atom stereocenters. The molecule has 3 N–H and O–H groups in total. The largest absolute Gasteiger partial charge is 0.489 e. The van der Waals surface area contributed by atoms with Crippen molar-refractivity contribution in [2.24, 2.45) is 5.92 Å². The van der Waals surface area contributed by atoms with Gasteiger partial charge in [0.15, 0.2) is 23.1 Å². The minimum absolute atomic E-state index is 0.153. The van der Waals surface area contributed by atoms with Gasteiger partial charge < -0.3 is 25.0 Å². The molecule has 0 aliphatic carbocycles. The predicted octanol–water partition coefficient (Wildman–Crippen LogP) is 1.93. The van der Waals surface area contributed by atoms with Crippen molar-refractivity contribution in [3.05, 3.63) is 11.9 Å². The molecule has 10 nitrogen and oxygen atoms in total. The van der Waals surface area contributed by atoms with Crippen LogP contribution in [0.1, 0.15) is 39.3 Å². The molecule has 0 amide bonds. The maximum absolute atomic E-state index is 10.0. The zero-order valence-electron chi connectivity index (χ0n) is 18.9. The van der Waals surface area contributed by atoms with E-state index in [4.69, 9.17) is 20.1 Å². The van der Waals surface area contributed by atoms with Crippen LogP contribution in [0.5, 0.6) is 5.75 Å². The number of likely N-dealkylation sites (tertiary alicyclic amines) is 1. The quantitative estimate of drug-likeness (QED) is 0.573. The Morgan fingerprint density at radius 2 is 2.19 bits per heavy atom. The summed E-state index contributed by atoms with van der Waals surface area (Å²) in [6.07, 6.45) is 3.97. The molecule has 0 radical (unpaired) electrons. The van der Waals surface area contributed by atoms with Crippen molar-refractivity contribution in [3.63, 3.8) is 0 Å². The molecule has 170 valence electrons. The minimum Gasteiger partial charge on any atom is -0.489 e. The van der Waals surface area contributed by atoms with E-state index in [1.807, 2.05) is 11.5 Å². The van der Waals surface area contributed by atoms with Crippen LogP contribution in [0, 0.1) is 17.8 Å². The van der Waals surface area contributed by atoms with E-state index >= 15 is 0 Å². The van der Waals surface area contributed by atoms with Gasteiger partial charge in [-0.1, -0.05) is 5.92 Å². The molecule has 1 atom stereocenters. The Labute approximate surface area is 186 Å². The summed E-state index contributed by atoms with van der Waals surface area (Å²) in [5.41, 5.74) is 6.89. The predicted molar refractivity (Wildman–Crippen MR) is 120 cm³/mol. The number of nitrogen functional groups attached to an aromatic ring is 1. The van der Waals surface area contributed by atoms with E-state index in [1.54, 1.807) is 20.0 Å². The number of anilines is 1. The normalized spacial score (nSPS) is 17.3. The van der Waals surface area contributed by atoms with E-state index in [0.717, 1.165) is 25.0 Å². The molecule has 0 saturated carbocycles. The fourth-order valence-electron chi connectivity index (χ4n) is 3.98. The van der Waals surface area contributed by atoms with Crippen LogP contribution in [0.3, 0.4) is 0 Å². The first-order chi connectivity index (χ1) is 15.3. The van der Waals surface area contributed by atoms with Crippen LogP contribution in [-0.4, -0.2) is 67.2 Å². The van der Waals surface area contributed by atoms with Crippen LogP contribution in [0.25, 0.3) is 22.6 Å². The lowest BCUT2D eigenvalue weighted by molar-refractivity contribution is 0.143. The molecule has 3 aromatic heterocycles. The molecule has 1 fully saturated rings. The van der Waals surface area contributed by atoms with Gasteiger partial charge in [-0.25, -0.2) is 14.6 Å². The molecule has 10 heteroatoms. The van der Waals surface area contributed by atoms with Crippen LogP contribution >= 0.6 is 0 Å². The second-order valence-electron chi connectivity index (χ2n) is 8.74. The fourth-order valence-corrected chi connectivity index (χ4v) is 3.98. The third-order valence-corrected chi connectivity index (χ3v) is 5.46. The van der Waals surface area contributed by atoms with Gasteiger partial charge in [-0.05, 0) is 63.4 Å². The summed E-state index contributed by atoms with van der Waals surface area (Å²) in [6.45, 7) is 8.54. The van der Waals surface area contributed by atoms with E-state index < -0.39 is 5.60 Å². The van der Waals surface area contributed by atoms with E-state index in [0.29, 0.717) is 47.5 Å². The summed E-state index contributed by atoms with van der Waals surface area (Å²) >= 11 is 0. The number of rotatable bonds is 5. The summed E-state index contributed by atoms with van der Waals surface area (Å²) < 4.78 is 13.0. The summed E-state index contributed by atoms with van der Waals surface area (Å²) in [4.78, 5) is 11.6. The Morgan fingerprint density at radius 3 is 2.84 bits per heavy atom. The van der Waals surface area contributed by atoms with Gasteiger partial charge in [0, 0.05) is 19.0 Å². The number of nitrogens with zero attached hydrogens (tertiary/aromatic N) is 6. The average Bonchev–Trinajstić information content (AvgIpc) is 3.33. The van der Waals surface area contributed by atoms with Crippen molar-refractivity contribution in [1.82, 2.24) is 29.7 Å². The Balaban J connectivity index is 1.80. The summed E-state index contributed by atoms with van der Waals surface area (Å²) in [6, 6.07) is 0. The Hall–Kier alpha value is -3.16. The molecule has 0 bridgehead atoms. The van der Waals surface area contributed by atoms with Crippen molar-refractivity contribution in [2.45, 2.75) is 45.8 Å². The van der Waals surface area contributed by atoms with Gasteiger partial charge in [0.25, 0.3) is 0 Å². The van der Waals surface area contributed by atoms with E-state index in [2.05, 4.69) is 39.1 Å². The van der Waals surface area contributed by atoms with Crippen molar-refractivity contribution >= 4 is 16.9 Å². The van der Waals surface area contributed by atoms with Gasteiger partial charge in [0.05, 0.1) is 12.8 Å². The van der Waals surface area contributed by atoms with Gasteiger partial charge >= 0.3 is 0 Å². The highest BCUT2D eigenvalue weighted by Crippen LogP contribution is 2.33. The van der Waals surface area contributed by atoms with Crippen LogP contribution in [0.2, 0.25) is 0 Å². The highest BCUT2D eigenvalue weighted by atomic mass is 16.6. The first-order valence-corrected chi connectivity index (χ1v) is 10.8. The second kappa shape index (κ2) is 8.76.